The van der Waals surface area contributed by atoms with Crippen molar-refractivity contribution in [2.75, 3.05) is 0 Å². The summed E-state index contributed by atoms with van der Waals surface area (Å²) in [6.07, 6.45) is -0.0783. The van der Waals surface area contributed by atoms with Gasteiger partial charge in [0.1, 0.15) is 0 Å². The Bertz CT molecular complexity index is 601. The van der Waals surface area contributed by atoms with Gasteiger partial charge in [0.2, 0.25) is 0 Å². The molecule has 0 bridgehead atoms. The Labute approximate surface area is 147 Å². The Kier molecular flexibility index (Phi) is 7.03. The predicted molar refractivity (Wildman–Crippen MR) is 80.3 cm³/mol. The van der Waals surface area contributed by atoms with E-state index in [0.29, 0.717) is 17.0 Å². The minimum absolute atomic E-state index is 0. The minimum Gasteiger partial charge on any atom is -0.294 e. The van der Waals surface area contributed by atoms with Crippen molar-refractivity contribution >= 4 is 11.6 Å². The number of Topliss-reactive ketones (excluding diaryl/α,β-unsaturated/α-hetero) is 2. The summed E-state index contributed by atoms with van der Waals surface area (Å²) in [5.74, 6) is 0.169. The molecule has 0 spiro atoms. The fourth-order valence-corrected chi connectivity index (χ4v) is 2.03. The molecule has 21 heavy (non-hydrogen) atoms. The minimum atomic E-state index is -0.136. The Morgan fingerprint density at radius 2 is 1.29 bits per heavy atom. The first-order valence-electron chi connectivity index (χ1n) is 6.79. The van der Waals surface area contributed by atoms with Crippen LogP contribution in [0.4, 0.5) is 0 Å². The van der Waals surface area contributed by atoms with Gasteiger partial charge in [0, 0.05) is 11.1 Å². The third-order valence-corrected chi connectivity index (χ3v) is 3.32. The summed E-state index contributed by atoms with van der Waals surface area (Å²) >= 11 is 0. The number of rotatable bonds is 5. The zero-order valence-corrected chi connectivity index (χ0v) is 14.8. The molecular formula is C18H18NaO2+. The van der Waals surface area contributed by atoms with Crippen LogP contribution in [0.2, 0.25) is 0 Å². The number of carbonyl (C=O) groups is 2. The normalized spacial score (nSPS) is 10.0. The van der Waals surface area contributed by atoms with Crippen molar-refractivity contribution in [1.82, 2.24) is 0 Å². The van der Waals surface area contributed by atoms with Crippen LogP contribution >= 0.6 is 0 Å². The van der Waals surface area contributed by atoms with E-state index in [4.69, 9.17) is 0 Å². The number of carbonyl (C=O) groups excluding carboxylic acids is 2. The molecule has 0 unspecified atom stereocenters. The summed E-state index contributed by atoms with van der Waals surface area (Å²) in [5, 5.41) is 0. The molecule has 2 nitrogen and oxygen atoms in total. The molecule has 0 fully saturated rings. The Hall–Kier alpha value is -1.22. The maximum atomic E-state index is 12.1. The monoisotopic (exact) mass is 289 g/mol. The third-order valence-electron chi connectivity index (χ3n) is 3.32. The molecule has 3 heteroatoms. The topological polar surface area (TPSA) is 34.1 Å². The van der Waals surface area contributed by atoms with Crippen molar-refractivity contribution in [2.45, 2.75) is 26.2 Å². The van der Waals surface area contributed by atoms with Crippen LogP contribution < -0.4 is 29.6 Å². The molecular weight excluding hydrogens is 271 g/mol. The Morgan fingerprint density at radius 1 is 0.810 bits per heavy atom. The number of ketones is 2. The van der Waals surface area contributed by atoms with Gasteiger partial charge in [0.15, 0.2) is 11.6 Å². The summed E-state index contributed by atoms with van der Waals surface area (Å²) < 4.78 is 0. The van der Waals surface area contributed by atoms with Crippen LogP contribution in [-0.4, -0.2) is 11.6 Å². The summed E-state index contributed by atoms with van der Waals surface area (Å²) in [6.45, 7) is 4.21. The second-order valence-corrected chi connectivity index (χ2v) is 5.17. The maximum Gasteiger partial charge on any atom is 1.00 e. The van der Waals surface area contributed by atoms with E-state index in [2.05, 4.69) is 13.8 Å². The number of hydrogen-bond acceptors (Lipinski definition) is 2. The standard InChI is InChI=1S/C18H18O2.Na/c1-13(2)14-8-10-16(11-9-14)18(20)12-17(19)15-6-4-3-5-7-15;/h3-11,13H,12H2,1-2H3;/q;+1. The van der Waals surface area contributed by atoms with E-state index < -0.39 is 0 Å². The van der Waals surface area contributed by atoms with Crippen molar-refractivity contribution in [3.05, 3.63) is 71.3 Å². The molecule has 0 aliphatic rings. The first kappa shape index (κ1) is 17.8. The molecule has 0 aliphatic carbocycles. The van der Waals surface area contributed by atoms with Gasteiger partial charge in [-0.05, 0) is 11.5 Å². The van der Waals surface area contributed by atoms with Gasteiger partial charge in [-0.15, -0.1) is 0 Å². The van der Waals surface area contributed by atoms with Crippen LogP contribution in [0.15, 0.2) is 54.6 Å². The predicted octanol–water partition coefficient (Wildman–Crippen LogP) is 1.27. The van der Waals surface area contributed by atoms with Gasteiger partial charge in [-0.2, -0.15) is 0 Å². The van der Waals surface area contributed by atoms with E-state index in [1.807, 2.05) is 18.2 Å². The summed E-state index contributed by atoms with van der Waals surface area (Å²) in [6, 6.07) is 16.4. The third kappa shape index (κ3) is 4.92. The second kappa shape index (κ2) is 8.28. The van der Waals surface area contributed by atoms with Gasteiger partial charge in [-0.3, -0.25) is 9.59 Å². The van der Waals surface area contributed by atoms with E-state index in [-0.39, 0.29) is 47.5 Å². The van der Waals surface area contributed by atoms with E-state index >= 15 is 0 Å². The molecule has 0 aromatic heterocycles. The Morgan fingerprint density at radius 3 is 1.76 bits per heavy atom. The van der Waals surface area contributed by atoms with Crippen molar-refractivity contribution in [1.29, 1.82) is 0 Å². The van der Waals surface area contributed by atoms with Gasteiger partial charge < -0.3 is 0 Å². The van der Waals surface area contributed by atoms with Crippen molar-refractivity contribution in [2.24, 2.45) is 0 Å². The molecule has 0 atom stereocenters. The van der Waals surface area contributed by atoms with E-state index in [9.17, 15) is 9.59 Å². The summed E-state index contributed by atoms with van der Waals surface area (Å²) in [5.41, 5.74) is 2.37. The van der Waals surface area contributed by atoms with Gasteiger partial charge in [0.05, 0.1) is 6.42 Å². The second-order valence-electron chi connectivity index (χ2n) is 5.17. The SMILES string of the molecule is CC(C)c1ccc(C(=O)CC(=O)c2ccccc2)cc1.[Na+]. The molecule has 2 rings (SSSR count). The first-order valence-corrected chi connectivity index (χ1v) is 6.79. The number of hydrogen-bond donors (Lipinski definition) is 0. The van der Waals surface area contributed by atoms with Crippen molar-refractivity contribution < 1.29 is 39.1 Å². The van der Waals surface area contributed by atoms with Crippen LogP contribution in [-0.2, 0) is 0 Å². The fraction of sp³-hybridized carbons (Fsp3) is 0.222. The van der Waals surface area contributed by atoms with Crippen LogP contribution in [0.3, 0.4) is 0 Å². The van der Waals surface area contributed by atoms with E-state index in [1.54, 1.807) is 36.4 Å². The zero-order chi connectivity index (χ0) is 14.5. The summed E-state index contributed by atoms with van der Waals surface area (Å²) in [7, 11) is 0. The maximum absolute atomic E-state index is 12.1. The number of benzene rings is 2. The fourth-order valence-electron chi connectivity index (χ4n) is 2.03. The Balaban J connectivity index is 0.00000220. The van der Waals surface area contributed by atoms with Crippen LogP contribution in [0, 0.1) is 0 Å². The molecule has 0 amide bonds. The molecule has 2 aromatic carbocycles. The molecule has 0 aliphatic heterocycles. The van der Waals surface area contributed by atoms with Crippen LogP contribution in [0.25, 0.3) is 0 Å². The largest absolute Gasteiger partial charge is 1.00 e. The quantitative estimate of drug-likeness (QED) is 0.472. The van der Waals surface area contributed by atoms with Gasteiger partial charge in [-0.25, -0.2) is 0 Å². The van der Waals surface area contributed by atoms with Gasteiger partial charge >= 0.3 is 29.6 Å². The van der Waals surface area contributed by atoms with Crippen molar-refractivity contribution in [3.63, 3.8) is 0 Å². The molecule has 0 saturated heterocycles. The summed E-state index contributed by atoms with van der Waals surface area (Å²) in [4.78, 5) is 24.1. The van der Waals surface area contributed by atoms with Crippen molar-refractivity contribution in [3.8, 4) is 0 Å². The average molecular weight is 289 g/mol. The van der Waals surface area contributed by atoms with Gasteiger partial charge in [0.25, 0.3) is 0 Å². The van der Waals surface area contributed by atoms with Crippen LogP contribution in [0.5, 0.6) is 0 Å². The molecule has 0 heterocycles. The molecule has 0 radical (unpaired) electrons. The molecule has 0 saturated carbocycles. The molecule has 2 aromatic rings. The zero-order valence-electron chi connectivity index (χ0n) is 12.8. The van der Waals surface area contributed by atoms with Crippen LogP contribution in [0.1, 0.15) is 52.5 Å². The molecule has 102 valence electrons. The van der Waals surface area contributed by atoms with Gasteiger partial charge in [-0.1, -0.05) is 68.4 Å². The van der Waals surface area contributed by atoms with E-state index in [0.717, 1.165) is 0 Å². The molecule has 0 N–H and O–H groups in total. The first-order chi connectivity index (χ1) is 9.58. The smallest absolute Gasteiger partial charge is 0.294 e. The van der Waals surface area contributed by atoms with E-state index in [1.165, 1.54) is 5.56 Å². The average Bonchev–Trinajstić information content (AvgIpc) is 2.48.